The number of nitrogens with zero attached hydrogens (tertiary/aromatic N) is 4. The molecule has 0 aliphatic carbocycles. The van der Waals surface area contributed by atoms with E-state index in [1.54, 1.807) is 18.2 Å². The Bertz CT molecular complexity index is 799. The minimum Gasteiger partial charge on any atom is -0.393 e. The van der Waals surface area contributed by atoms with Gasteiger partial charge >= 0.3 is 0 Å². The van der Waals surface area contributed by atoms with E-state index in [1.807, 2.05) is 12.1 Å². The van der Waals surface area contributed by atoms with Crippen molar-refractivity contribution in [3.63, 3.8) is 0 Å². The molecule has 1 aliphatic heterocycles. The summed E-state index contributed by atoms with van der Waals surface area (Å²) in [6, 6.07) is 3.93. The number of ether oxygens (including phenoxy) is 1. The first-order valence-electron chi connectivity index (χ1n) is 9.89. The van der Waals surface area contributed by atoms with Crippen LogP contribution in [0, 0.1) is 0 Å². The average molecular weight is 390 g/mol. The van der Waals surface area contributed by atoms with E-state index in [2.05, 4.69) is 16.5 Å². The van der Waals surface area contributed by atoms with E-state index in [0.717, 1.165) is 17.0 Å². The Morgan fingerprint density at radius 2 is 2.14 bits per heavy atom. The summed E-state index contributed by atoms with van der Waals surface area (Å²) in [5.74, 6) is 1.00. The SMILES string of the molecule is COC[C@@H](C)n1c(CCCC(=O)N2CCC(O)(CO)CC2)nc2cccnc21. The van der Waals surface area contributed by atoms with Crippen molar-refractivity contribution in [1.29, 1.82) is 0 Å². The molecule has 1 aliphatic rings. The first-order valence-corrected chi connectivity index (χ1v) is 9.89. The van der Waals surface area contributed by atoms with Gasteiger partial charge in [0.15, 0.2) is 5.65 Å². The third kappa shape index (κ3) is 4.51. The monoisotopic (exact) mass is 390 g/mol. The molecule has 0 spiro atoms. The highest BCUT2D eigenvalue weighted by atomic mass is 16.5. The molecule has 1 amide bonds. The quantitative estimate of drug-likeness (QED) is 0.705. The number of carbonyl (C=O) groups is 1. The molecule has 0 unspecified atom stereocenters. The van der Waals surface area contributed by atoms with Crippen LogP contribution in [0.2, 0.25) is 0 Å². The van der Waals surface area contributed by atoms with Gasteiger partial charge in [0.25, 0.3) is 0 Å². The lowest BCUT2D eigenvalue weighted by Gasteiger charge is -2.37. The molecule has 2 N–H and O–H groups in total. The highest BCUT2D eigenvalue weighted by Crippen LogP contribution is 2.23. The molecule has 0 aromatic carbocycles. The summed E-state index contributed by atoms with van der Waals surface area (Å²) in [4.78, 5) is 23.5. The summed E-state index contributed by atoms with van der Waals surface area (Å²) < 4.78 is 7.41. The zero-order chi connectivity index (χ0) is 20.1. The summed E-state index contributed by atoms with van der Waals surface area (Å²) in [7, 11) is 1.68. The van der Waals surface area contributed by atoms with Crippen molar-refractivity contribution >= 4 is 17.1 Å². The number of likely N-dealkylation sites (tertiary alicyclic amines) is 1. The van der Waals surface area contributed by atoms with Crippen molar-refractivity contribution in [1.82, 2.24) is 19.4 Å². The summed E-state index contributed by atoms with van der Waals surface area (Å²) in [5.41, 5.74) is 0.658. The van der Waals surface area contributed by atoms with Crippen molar-refractivity contribution in [2.45, 2.75) is 50.7 Å². The number of carbonyl (C=O) groups excluding carboxylic acids is 1. The van der Waals surface area contributed by atoms with Crippen molar-refractivity contribution in [2.24, 2.45) is 0 Å². The molecule has 0 radical (unpaired) electrons. The van der Waals surface area contributed by atoms with E-state index in [4.69, 9.17) is 9.72 Å². The second kappa shape index (κ2) is 8.98. The van der Waals surface area contributed by atoms with Crippen LogP contribution < -0.4 is 0 Å². The van der Waals surface area contributed by atoms with Crippen molar-refractivity contribution < 1.29 is 19.7 Å². The lowest BCUT2D eigenvalue weighted by Crippen LogP contribution is -2.48. The number of aryl methyl sites for hydroxylation is 1. The number of aliphatic hydroxyl groups is 2. The molecule has 1 saturated heterocycles. The number of amides is 1. The smallest absolute Gasteiger partial charge is 0.222 e. The second-order valence-corrected chi connectivity index (χ2v) is 7.67. The average Bonchev–Trinajstić information content (AvgIpc) is 3.07. The molecular weight excluding hydrogens is 360 g/mol. The van der Waals surface area contributed by atoms with Crippen LogP contribution in [-0.2, 0) is 16.0 Å². The van der Waals surface area contributed by atoms with Gasteiger partial charge in [0.05, 0.1) is 24.9 Å². The van der Waals surface area contributed by atoms with Gasteiger partial charge in [-0.05, 0) is 38.3 Å². The molecule has 1 fully saturated rings. The molecule has 8 heteroatoms. The van der Waals surface area contributed by atoms with E-state index in [-0.39, 0.29) is 18.6 Å². The summed E-state index contributed by atoms with van der Waals surface area (Å²) >= 11 is 0. The van der Waals surface area contributed by atoms with E-state index in [1.165, 1.54) is 0 Å². The normalized spacial score (nSPS) is 17.8. The molecule has 2 aromatic rings. The van der Waals surface area contributed by atoms with Gasteiger partial charge in [0, 0.05) is 39.2 Å². The molecule has 0 saturated carbocycles. The lowest BCUT2D eigenvalue weighted by molar-refractivity contribution is -0.137. The van der Waals surface area contributed by atoms with E-state index in [0.29, 0.717) is 51.8 Å². The van der Waals surface area contributed by atoms with Crippen molar-refractivity contribution in [2.75, 3.05) is 33.4 Å². The fourth-order valence-electron chi connectivity index (χ4n) is 3.82. The van der Waals surface area contributed by atoms with Gasteiger partial charge in [-0.3, -0.25) is 4.79 Å². The molecular formula is C20H30N4O4. The van der Waals surface area contributed by atoms with Crippen molar-refractivity contribution in [3.8, 4) is 0 Å². The Kier molecular flexibility index (Phi) is 6.64. The van der Waals surface area contributed by atoms with Crippen LogP contribution in [0.1, 0.15) is 44.5 Å². The fourth-order valence-corrected chi connectivity index (χ4v) is 3.82. The van der Waals surface area contributed by atoms with Crippen molar-refractivity contribution in [3.05, 3.63) is 24.2 Å². The molecule has 0 bridgehead atoms. The summed E-state index contributed by atoms with van der Waals surface area (Å²) in [6.07, 6.45) is 4.42. The number of imidazole rings is 1. The van der Waals surface area contributed by atoms with E-state index >= 15 is 0 Å². The maximum Gasteiger partial charge on any atom is 0.222 e. The number of methoxy groups -OCH3 is 1. The summed E-state index contributed by atoms with van der Waals surface area (Å²) in [5, 5.41) is 19.3. The van der Waals surface area contributed by atoms with Crippen LogP contribution >= 0.6 is 0 Å². The van der Waals surface area contributed by atoms with Crippen LogP contribution in [0.4, 0.5) is 0 Å². The number of hydrogen-bond donors (Lipinski definition) is 2. The molecule has 28 heavy (non-hydrogen) atoms. The Morgan fingerprint density at radius 3 is 2.82 bits per heavy atom. The Labute approximate surface area is 165 Å². The highest BCUT2D eigenvalue weighted by molar-refractivity contribution is 5.76. The Hall–Kier alpha value is -2.03. The van der Waals surface area contributed by atoms with Crippen LogP contribution in [-0.4, -0.2) is 74.6 Å². The van der Waals surface area contributed by atoms with Gasteiger partial charge in [-0.25, -0.2) is 9.97 Å². The van der Waals surface area contributed by atoms with Gasteiger partial charge < -0.3 is 24.4 Å². The number of hydrogen-bond acceptors (Lipinski definition) is 6. The zero-order valence-corrected chi connectivity index (χ0v) is 16.7. The summed E-state index contributed by atoms with van der Waals surface area (Å²) in [6.45, 7) is 3.37. The van der Waals surface area contributed by atoms with Crippen LogP contribution in [0.25, 0.3) is 11.2 Å². The number of piperidine rings is 1. The number of aromatic nitrogens is 3. The fraction of sp³-hybridized carbons (Fsp3) is 0.650. The largest absolute Gasteiger partial charge is 0.393 e. The lowest BCUT2D eigenvalue weighted by atomic mass is 9.92. The minimum absolute atomic E-state index is 0.0886. The van der Waals surface area contributed by atoms with Crippen LogP contribution in [0.5, 0.6) is 0 Å². The standard InChI is InChI=1S/C20H30N4O4/c1-15(13-28-2)24-17(22-16-5-4-10-21-19(16)24)6-3-7-18(26)23-11-8-20(27,14-25)9-12-23/h4-5,10,15,25,27H,3,6-9,11-14H2,1-2H3/t15-/m1/s1. The van der Waals surface area contributed by atoms with Gasteiger partial charge in [-0.2, -0.15) is 0 Å². The number of aliphatic hydroxyl groups excluding tert-OH is 1. The minimum atomic E-state index is -1.04. The maximum absolute atomic E-state index is 12.5. The van der Waals surface area contributed by atoms with Gasteiger partial charge in [0.2, 0.25) is 5.91 Å². The number of pyridine rings is 1. The number of rotatable bonds is 8. The molecule has 3 heterocycles. The molecule has 3 rings (SSSR count). The Balaban J connectivity index is 1.61. The molecule has 154 valence electrons. The topological polar surface area (TPSA) is 101 Å². The predicted octanol–water partition coefficient (Wildman–Crippen LogP) is 1.31. The number of fused-ring (bicyclic) bond motifs is 1. The predicted molar refractivity (Wildman–Crippen MR) is 105 cm³/mol. The zero-order valence-electron chi connectivity index (χ0n) is 16.7. The van der Waals surface area contributed by atoms with Gasteiger partial charge in [-0.15, -0.1) is 0 Å². The van der Waals surface area contributed by atoms with Crippen LogP contribution in [0.3, 0.4) is 0 Å². The maximum atomic E-state index is 12.5. The van der Waals surface area contributed by atoms with Crippen LogP contribution in [0.15, 0.2) is 18.3 Å². The molecule has 1 atom stereocenters. The molecule has 2 aromatic heterocycles. The van der Waals surface area contributed by atoms with E-state index in [9.17, 15) is 15.0 Å². The molecule has 8 nitrogen and oxygen atoms in total. The second-order valence-electron chi connectivity index (χ2n) is 7.67. The first kappa shape index (κ1) is 20.7. The Morgan fingerprint density at radius 1 is 1.39 bits per heavy atom. The van der Waals surface area contributed by atoms with E-state index < -0.39 is 5.60 Å². The third-order valence-electron chi connectivity index (χ3n) is 5.50. The van der Waals surface area contributed by atoms with Gasteiger partial charge in [-0.1, -0.05) is 0 Å². The third-order valence-corrected chi connectivity index (χ3v) is 5.50. The van der Waals surface area contributed by atoms with Gasteiger partial charge in [0.1, 0.15) is 11.3 Å². The first-order chi connectivity index (χ1) is 13.5. The highest BCUT2D eigenvalue weighted by Gasteiger charge is 2.33.